The Morgan fingerprint density at radius 3 is 2.41 bits per heavy atom. The van der Waals surface area contributed by atoms with Crippen LogP contribution in [0.25, 0.3) is 0 Å². The summed E-state index contributed by atoms with van der Waals surface area (Å²) in [7, 11) is 1.72. The maximum Gasteiger partial charge on any atom is 0.135 e. The molecular weight excluding hydrogens is 411 g/mol. The second-order valence-corrected chi connectivity index (χ2v) is 7.76. The Morgan fingerprint density at radius 1 is 1.00 bits per heavy atom. The first kappa shape index (κ1) is 28.4. The zero-order chi connectivity index (χ0) is 19.3. The Hall–Kier alpha value is -0.560. The van der Waals surface area contributed by atoms with Crippen molar-refractivity contribution < 1.29 is 49.2 Å². The number of quaternary nitrogens is 2. The van der Waals surface area contributed by atoms with Gasteiger partial charge < -0.3 is 44.3 Å². The maximum atomic E-state index is 10.3. The van der Waals surface area contributed by atoms with Crippen molar-refractivity contribution >= 4 is 5.69 Å². The van der Waals surface area contributed by atoms with Gasteiger partial charge in [0.05, 0.1) is 7.11 Å². The van der Waals surface area contributed by atoms with Gasteiger partial charge in [0.25, 0.3) is 0 Å². The molecule has 0 aromatic heterocycles. The second kappa shape index (κ2) is 17.2. The van der Waals surface area contributed by atoms with Crippen LogP contribution in [-0.4, -0.2) is 64.3 Å². The second-order valence-electron chi connectivity index (χ2n) is 7.76. The quantitative estimate of drug-likeness (QED) is 0.263. The van der Waals surface area contributed by atoms with Crippen LogP contribution in [-0.2, 0) is 4.74 Å². The summed E-state index contributed by atoms with van der Waals surface area (Å²) in [6.45, 7) is 9.00. The average molecular weight is 451 g/mol. The van der Waals surface area contributed by atoms with Crippen molar-refractivity contribution in [2.45, 2.75) is 51.6 Å². The third-order valence-corrected chi connectivity index (χ3v) is 5.55. The highest BCUT2D eigenvalue weighted by molar-refractivity contribution is 5.37. The van der Waals surface area contributed by atoms with Gasteiger partial charge in [-0.25, -0.2) is 0 Å². The lowest BCUT2D eigenvalue weighted by atomic mass is 10.2. The number of nitrogens with one attached hydrogen (secondary N) is 2. The molecule has 1 fully saturated rings. The van der Waals surface area contributed by atoms with E-state index in [1.165, 1.54) is 41.2 Å². The lowest BCUT2D eigenvalue weighted by molar-refractivity contribution is -0.988. The van der Waals surface area contributed by atoms with Crippen LogP contribution in [0, 0.1) is 0 Å². The molecule has 2 rings (SSSR count). The van der Waals surface area contributed by atoms with E-state index < -0.39 is 0 Å². The van der Waals surface area contributed by atoms with E-state index >= 15 is 0 Å². The average Bonchev–Trinajstić information content (AvgIpc) is 2.70. The zero-order valence-electron chi connectivity index (χ0n) is 18.1. The lowest BCUT2D eigenvalue weighted by Crippen LogP contribution is -3.26. The molecule has 0 saturated carbocycles. The summed E-state index contributed by atoms with van der Waals surface area (Å²) in [6, 6.07) is 8.37. The van der Waals surface area contributed by atoms with Crippen molar-refractivity contribution in [2.75, 3.05) is 53.0 Å². The van der Waals surface area contributed by atoms with Gasteiger partial charge in [0.2, 0.25) is 0 Å². The van der Waals surface area contributed by atoms with E-state index in [-0.39, 0.29) is 30.9 Å². The number of halogens is 2. The van der Waals surface area contributed by atoms with Gasteiger partial charge in [-0.05, 0) is 18.6 Å². The van der Waals surface area contributed by atoms with Gasteiger partial charge >= 0.3 is 0 Å². The molecule has 1 atom stereocenters. The fourth-order valence-electron chi connectivity index (χ4n) is 3.81. The minimum Gasteiger partial charge on any atom is -1.00 e. The first-order chi connectivity index (χ1) is 13.2. The number of aliphatic hydroxyl groups excluding tert-OH is 1. The number of methoxy groups -OCH3 is 1. The Labute approximate surface area is 189 Å². The van der Waals surface area contributed by atoms with Gasteiger partial charge in [-0.3, -0.25) is 4.90 Å². The summed E-state index contributed by atoms with van der Waals surface area (Å²) in [5.41, 5.74) is 1.31. The highest BCUT2D eigenvalue weighted by Gasteiger charge is 2.26. The van der Waals surface area contributed by atoms with Crippen LogP contribution >= 0.6 is 0 Å². The van der Waals surface area contributed by atoms with Gasteiger partial charge in [-0.2, -0.15) is 0 Å². The largest absolute Gasteiger partial charge is 1.00 e. The molecule has 1 aliphatic heterocycles. The molecule has 1 saturated heterocycles. The summed E-state index contributed by atoms with van der Waals surface area (Å²) < 4.78 is 11.0. The summed E-state index contributed by atoms with van der Waals surface area (Å²) in [6.07, 6.45) is 6.84. The number of piperazine rings is 1. The Kier molecular flexibility index (Phi) is 16.8. The first-order valence-corrected chi connectivity index (χ1v) is 10.8. The van der Waals surface area contributed by atoms with Gasteiger partial charge in [0, 0.05) is 25.7 Å². The number of hydrogen-bond acceptors (Lipinski definition) is 3. The third kappa shape index (κ3) is 11.4. The van der Waals surface area contributed by atoms with Crippen LogP contribution in [0.5, 0.6) is 5.75 Å². The molecule has 1 aromatic rings. The smallest absolute Gasteiger partial charge is 0.135 e. The van der Waals surface area contributed by atoms with E-state index in [0.29, 0.717) is 6.61 Å². The van der Waals surface area contributed by atoms with Crippen molar-refractivity contribution in [3.8, 4) is 5.75 Å². The fraction of sp³-hybridized carbons (Fsp3) is 0.727. The van der Waals surface area contributed by atoms with E-state index in [9.17, 15) is 5.11 Å². The van der Waals surface area contributed by atoms with Crippen molar-refractivity contribution in [3.05, 3.63) is 24.3 Å². The SMILES string of the molecule is CCCCCCCOCCC(O)C[NH+]1CC[NH+](c2cccc(OC)c2)CC1.[Cl-].[Cl-]. The molecule has 170 valence electrons. The van der Waals surface area contributed by atoms with Crippen LogP contribution < -0.4 is 39.4 Å². The number of ether oxygens (including phenoxy) is 2. The summed E-state index contributed by atoms with van der Waals surface area (Å²) in [5, 5.41) is 10.3. The van der Waals surface area contributed by atoms with Crippen LogP contribution in [0.4, 0.5) is 5.69 Å². The van der Waals surface area contributed by atoms with Crippen molar-refractivity contribution in [1.29, 1.82) is 0 Å². The molecule has 1 heterocycles. The van der Waals surface area contributed by atoms with Crippen LogP contribution in [0.2, 0.25) is 0 Å². The monoisotopic (exact) mass is 450 g/mol. The number of hydrogen-bond donors (Lipinski definition) is 3. The van der Waals surface area contributed by atoms with Crippen molar-refractivity contribution in [3.63, 3.8) is 0 Å². The van der Waals surface area contributed by atoms with E-state index in [1.54, 1.807) is 7.11 Å². The molecule has 0 bridgehead atoms. The highest BCUT2D eigenvalue weighted by atomic mass is 35.5. The lowest BCUT2D eigenvalue weighted by Gasteiger charge is -2.30. The molecule has 7 heteroatoms. The maximum absolute atomic E-state index is 10.3. The Balaban J connectivity index is 0.00000392. The Morgan fingerprint density at radius 2 is 1.72 bits per heavy atom. The van der Waals surface area contributed by atoms with Gasteiger partial charge in [0.15, 0.2) is 0 Å². The highest BCUT2D eigenvalue weighted by Crippen LogP contribution is 2.13. The summed E-state index contributed by atoms with van der Waals surface area (Å²) >= 11 is 0. The van der Waals surface area contributed by atoms with Crippen molar-refractivity contribution in [2.24, 2.45) is 0 Å². The molecule has 3 N–H and O–H groups in total. The molecule has 29 heavy (non-hydrogen) atoms. The van der Waals surface area contributed by atoms with E-state index in [4.69, 9.17) is 9.47 Å². The molecule has 1 aromatic carbocycles. The zero-order valence-corrected chi connectivity index (χ0v) is 19.6. The van der Waals surface area contributed by atoms with Crippen LogP contribution in [0.1, 0.15) is 45.4 Å². The molecule has 0 spiro atoms. The molecule has 0 amide bonds. The molecule has 0 aliphatic carbocycles. The predicted molar refractivity (Wildman–Crippen MR) is 109 cm³/mol. The number of unbranched alkanes of at least 4 members (excludes halogenated alkanes) is 4. The molecule has 1 unspecified atom stereocenters. The molecular formula is C22H40Cl2N2O3. The minimum absolute atomic E-state index is 0. The van der Waals surface area contributed by atoms with Gasteiger partial charge in [-0.1, -0.05) is 38.7 Å². The summed E-state index contributed by atoms with van der Waals surface area (Å²) in [4.78, 5) is 3.02. The van der Waals surface area contributed by atoms with Crippen LogP contribution in [0.15, 0.2) is 24.3 Å². The van der Waals surface area contributed by atoms with Crippen LogP contribution in [0.3, 0.4) is 0 Å². The summed E-state index contributed by atoms with van der Waals surface area (Å²) in [5.74, 6) is 0.926. The number of benzene rings is 1. The Bertz CT molecular complexity index is 515. The molecule has 1 aliphatic rings. The van der Waals surface area contributed by atoms with E-state index in [2.05, 4.69) is 25.1 Å². The van der Waals surface area contributed by atoms with Gasteiger partial charge in [-0.15, -0.1) is 0 Å². The van der Waals surface area contributed by atoms with Gasteiger partial charge in [0.1, 0.15) is 50.3 Å². The van der Waals surface area contributed by atoms with Crippen molar-refractivity contribution in [1.82, 2.24) is 0 Å². The normalized spacial score (nSPS) is 19.7. The van der Waals surface area contributed by atoms with E-state index in [1.807, 2.05) is 6.07 Å². The fourth-order valence-corrected chi connectivity index (χ4v) is 3.81. The predicted octanol–water partition coefficient (Wildman–Crippen LogP) is -5.14. The molecule has 5 nitrogen and oxygen atoms in total. The number of aliphatic hydroxyl groups is 1. The standard InChI is InChI=1S/C22H38N2O3.2ClH/c1-3-4-5-6-7-16-27-17-11-21(25)19-23-12-14-24(15-13-23)20-9-8-10-22(18-20)26-2;;/h8-10,18,21,25H,3-7,11-17,19H2,1-2H3;2*1H. The van der Waals surface area contributed by atoms with E-state index in [0.717, 1.165) is 57.9 Å². The third-order valence-electron chi connectivity index (χ3n) is 5.55. The minimum atomic E-state index is -0.251. The number of rotatable bonds is 13. The molecule has 0 radical (unpaired) electrons. The topological polar surface area (TPSA) is 47.6 Å². The first-order valence-electron chi connectivity index (χ1n) is 10.8.